The number of nitrogens with zero attached hydrogens (tertiary/aromatic N) is 6. The van der Waals surface area contributed by atoms with Gasteiger partial charge >= 0.3 is 6.09 Å². The Morgan fingerprint density at radius 3 is 1.55 bits per heavy atom. The molecule has 0 saturated carbocycles. The minimum absolute atomic E-state index is 0.148. The highest BCUT2D eigenvalue weighted by Gasteiger charge is 2.19. The Morgan fingerprint density at radius 1 is 0.627 bits per heavy atom. The van der Waals surface area contributed by atoms with Gasteiger partial charge in [-0.25, -0.2) is 23.5 Å². The van der Waals surface area contributed by atoms with E-state index in [1.165, 1.54) is 24.3 Å². The third-order valence-electron chi connectivity index (χ3n) is 10.9. The SMILES string of the molecule is CC(C)(C)OC(=O)NCc1ncccc1CNC(=O)c1ccc(-c2cn[nH]c2)nc1NCCc1cccc(F)c1.CO.NCc1ncccc1CNC(=O)c1ccc(-c2cn[nH]c2)nc1NCCc1cccc(F)c1. The van der Waals surface area contributed by atoms with Gasteiger partial charge in [-0.3, -0.25) is 29.8 Å². The lowest BCUT2D eigenvalue weighted by Gasteiger charge is -2.20. The van der Waals surface area contributed by atoms with E-state index in [0.717, 1.165) is 46.2 Å². The number of aromatic amines is 2. The Hall–Kier alpha value is -8.95. The van der Waals surface area contributed by atoms with Crippen LogP contribution in [0.25, 0.3) is 22.5 Å². The second kappa shape index (κ2) is 27.8. The van der Waals surface area contributed by atoms with Gasteiger partial charge in [0.15, 0.2) is 0 Å². The molecule has 19 nitrogen and oxygen atoms in total. The summed E-state index contributed by atoms with van der Waals surface area (Å²) in [5.74, 6) is -0.359. The van der Waals surface area contributed by atoms with Gasteiger partial charge in [-0.05, 0) is 117 Å². The number of alkyl carbamates (subject to hydrolysis) is 1. The van der Waals surface area contributed by atoms with Crippen LogP contribution in [0.1, 0.15) is 75.1 Å². The highest BCUT2D eigenvalue weighted by Crippen LogP contribution is 2.24. The minimum Gasteiger partial charge on any atom is -0.444 e. The molecule has 0 atom stereocenters. The van der Waals surface area contributed by atoms with E-state index in [0.29, 0.717) is 78.9 Å². The van der Waals surface area contributed by atoms with Crippen LogP contribution in [-0.4, -0.2) is 89.1 Å². The quantitative estimate of drug-likeness (QED) is 0.0385. The van der Waals surface area contributed by atoms with Gasteiger partial charge < -0.3 is 42.2 Å². The van der Waals surface area contributed by atoms with Crippen LogP contribution in [0, 0.1) is 11.6 Å². The average Bonchev–Trinajstić information content (AvgIpc) is 4.17. The molecule has 0 saturated heterocycles. The second-order valence-corrected chi connectivity index (χ2v) is 17.4. The number of amides is 3. The smallest absolute Gasteiger partial charge is 0.407 e. The molecule has 0 aliphatic carbocycles. The molecule has 0 bridgehead atoms. The molecular formula is C54H60F2N14O5. The van der Waals surface area contributed by atoms with E-state index in [1.54, 1.807) is 106 Å². The van der Waals surface area contributed by atoms with Crippen molar-refractivity contribution in [3.05, 3.63) is 191 Å². The number of aliphatic hydroxyl groups is 1. The lowest BCUT2D eigenvalue weighted by molar-refractivity contribution is 0.0522. The Kier molecular flexibility index (Phi) is 20.5. The van der Waals surface area contributed by atoms with E-state index in [-0.39, 0.29) is 36.5 Å². The summed E-state index contributed by atoms with van der Waals surface area (Å²) >= 11 is 0. The maximum atomic E-state index is 13.6. The van der Waals surface area contributed by atoms with Crippen LogP contribution in [0.4, 0.5) is 25.2 Å². The number of carbonyl (C=O) groups excluding carboxylic acids is 3. The number of hydrogen-bond donors (Lipinski definition) is 9. The van der Waals surface area contributed by atoms with Crippen molar-refractivity contribution in [3.63, 3.8) is 0 Å². The summed E-state index contributed by atoms with van der Waals surface area (Å²) in [5.41, 5.74) is 13.4. The Morgan fingerprint density at radius 2 is 1.11 bits per heavy atom. The molecule has 2 aromatic carbocycles. The van der Waals surface area contributed by atoms with Crippen molar-refractivity contribution in [2.24, 2.45) is 5.73 Å². The van der Waals surface area contributed by atoms with Gasteiger partial charge in [0.05, 0.1) is 52.8 Å². The number of aliphatic hydroxyl groups excluding tert-OH is 1. The van der Waals surface area contributed by atoms with Crippen molar-refractivity contribution in [3.8, 4) is 22.5 Å². The van der Waals surface area contributed by atoms with E-state index in [1.807, 2.05) is 24.3 Å². The van der Waals surface area contributed by atoms with E-state index in [9.17, 15) is 23.2 Å². The molecule has 21 heteroatoms. The molecule has 0 radical (unpaired) electrons. The molecule has 8 rings (SSSR count). The summed E-state index contributed by atoms with van der Waals surface area (Å²) in [7, 11) is 1.00. The Balaban J connectivity index is 0.000000240. The van der Waals surface area contributed by atoms with Crippen LogP contribution in [0.3, 0.4) is 0 Å². The van der Waals surface area contributed by atoms with Crippen LogP contribution in [0.2, 0.25) is 0 Å². The number of anilines is 2. The van der Waals surface area contributed by atoms with Crippen LogP contribution >= 0.6 is 0 Å². The minimum atomic E-state index is -0.616. The molecule has 0 fully saturated rings. The summed E-state index contributed by atoms with van der Waals surface area (Å²) in [4.78, 5) is 56.2. The van der Waals surface area contributed by atoms with Gasteiger partial charge in [-0.1, -0.05) is 36.4 Å². The number of hydrogen-bond acceptors (Lipinski definition) is 14. The van der Waals surface area contributed by atoms with Gasteiger partial charge in [0.2, 0.25) is 0 Å². The van der Waals surface area contributed by atoms with Gasteiger partial charge in [0.1, 0.15) is 28.9 Å². The fraction of sp³-hybridized carbons (Fsp3) is 0.241. The number of nitrogens with one attached hydrogen (secondary N) is 7. The molecule has 75 heavy (non-hydrogen) atoms. The molecule has 6 heterocycles. The zero-order chi connectivity index (χ0) is 53.6. The molecule has 390 valence electrons. The fourth-order valence-corrected chi connectivity index (χ4v) is 7.31. The largest absolute Gasteiger partial charge is 0.444 e. The number of benzene rings is 2. The third kappa shape index (κ3) is 17.1. The summed E-state index contributed by atoms with van der Waals surface area (Å²) in [5, 5.41) is 35.4. The predicted octanol–water partition coefficient (Wildman–Crippen LogP) is 7.27. The first-order valence-electron chi connectivity index (χ1n) is 23.8. The maximum absolute atomic E-state index is 13.6. The lowest BCUT2D eigenvalue weighted by Crippen LogP contribution is -2.33. The number of pyridine rings is 4. The molecule has 6 aromatic heterocycles. The molecule has 3 amide bonds. The van der Waals surface area contributed by atoms with Crippen molar-refractivity contribution in [2.45, 2.75) is 65.4 Å². The number of carbonyl (C=O) groups is 3. The predicted molar refractivity (Wildman–Crippen MR) is 281 cm³/mol. The summed E-state index contributed by atoms with van der Waals surface area (Å²) in [6.07, 6.45) is 10.6. The first-order valence-corrected chi connectivity index (χ1v) is 23.8. The molecule has 10 N–H and O–H groups in total. The molecule has 0 aliphatic rings. The van der Waals surface area contributed by atoms with Crippen molar-refractivity contribution in [1.29, 1.82) is 0 Å². The number of nitrogens with two attached hydrogens (primary N) is 1. The van der Waals surface area contributed by atoms with Gasteiger partial charge in [-0.2, -0.15) is 10.2 Å². The molecular weight excluding hydrogens is 963 g/mol. The number of rotatable bonds is 19. The number of H-pyrrole nitrogens is 2. The van der Waals surface area contributed by atoms with Crippen LogP contribution in [0.15, 0.2) is 134 Å². The monoisotopic (exact) mass is 1020 g/mol. The standard InChI is InChI=1S/C29H32FN7O3.C24H24FN7O.CH4O/c1-29(2,3)40-28(39)34-18-25-20(7-5-12-31-25)15-33-27(38)23-9-10-24(21-16-35-36-17-21)37-26(23)32-13-11-19-6-4-8-22(30)14-19;25-19-5-1-3-16(11-19)8-10-28-23-20(6-7-21(32-23)18-14-30-31-15-18)24(33)29-13-17-4-2-9-27-22(17)12-26;1-2/h4-10,12,14,16-17H,11,13,15,18H2,1-3H3,(H,32,37)(H,33,38)(H,34,39)(H,35,36);1-7,9,11,14-15H,8,10,12-13,26H2,(H,28,32)(H,29,33)(H,30,31);2H,1H3. The van der Waals surface area contributed by atoms with Gasteiger partial charge in [0, 0.05) is 75.7 Å². The Labute approximate surface area is 432 Å². The van der Waals surface area contributed by atoms with Crippen molar-refractivity contribution in [2.75, 3.05) is 30.8 Å². The highest BCUT2D eigenvalue weighted by molar-refractivity contribution is 6.00. The van der Waals surface area contributed by atoms with Crippen LogP contribution in [0.5, 0.6) is 0 Å². The summed E-state index contributed by atoms with van der Waals surface area (Å²) in [6, 6.07) is 27.0. The summed E-state index contributed by atoms with van der Waals surface area (Å²) in [6.45, 7) is 7.20. The van der Waals surface area contributed by atoms with E-state index < -0.39 is 11.7 Å². The lowest BCUT2D eigenvalue weighted by atomic mass is 10.1. The highest BCUT2D eigenvalue weighted by atomic mass is 19.1. The average molecular weight is 1020 g/mol. The van der Waals surface area contributed by atoms with Crippen molar-refractivity contribution in [1.82, 2.24) is 56.3 Å². The molecule has 0 spiro atoms. The van der Waals surface area contributed by atoms with Gasteiger partial charge in [-0.15, -0.1) is 0 Å². The topological polar surface area (TPSA) is 276 Å². The zero-order valence-corrected chi connectivity index (χ0v) is 42.0. The van der Waals surface area contributed by atoms with E-state index in [4.69, 9.17) is 15.6 Å². The first kappa shape index (κ1) is 55.4. The maximum Gasteiger partial charge on any atom is 0.407 e. The summed E-state index contributed by atoms with van der Waals surface area (Å²) < 4.78 is 32.3. The normalized spacial score (nSPS) is 10.7. The van der Waals surface area contributed by atoms with Crippen LogP contribution in [-0.2, 0) is 43.8 Å². The zero-order valence-electron chi connectivity index (χ0n) is 42.0. The Bertz CT molecular complexity index is 3100. The van der Waals surface area contributed by atoms with Crippen molar-refractivity contribution < 1.29 is 33.0 Å². The third-order valence-corrected chi connectivity index (χ3v) is 10.9. The molecule has 8 aromatic rings. The van der Waals surface area contributed by atoms with E-state index >= 15 is 0 Å². The number of aromatic nitrogens is 8. The molecule has 0 aliphatic heterocycles. The second-order valence-electron chi connectivity index (χ2n) is 17.4. The number of halogens is 2. The van der Waals surface area contributed by atoms with Crippen LogP contribution < -0.4 is 32.3 Å². The van der Waals surface area contributed by atoms with E-state index in [2.05, 4.69) is 66.9 Å². The number of ether oxygens (including phenoxy) is 1. The molecule has 0 unspecified atom stereocenters. The first-order chi connectivity index (χ1) is 36.3. The van der Waals surface area contributed by atoms with Gasteiger partial charge in [0.25, 0.3) is 11.8 Å². The fourth-order valence-electron chi connectivity index (χ4n) is 7.31. The van der Waals surface area contributed by atoms with Crippen molar-refractivity contribution >= 4 is 29.5 Å².